The normalized spacial score (nSPS) is 17.7. The van der Waals surface area contributed by atoms with Crippen molar-refractivity contribution in [2.24, 2.45) is 5.92 Å². The molecule has 0 aromatic carbocycles. The molecule has 2 nitrogen and oxygen atoms in total. The monoisotopic (exact) mass is 211 g/mol. The molecule has 0 bridgehead atoms. The van der Waals surface area contributed by atoms with Gasteiger partial charge in [0.2, 0.25) is 0 Å². The van der Waals surface area contributed by atoms with Crippen LogP contribution in [0.3, 0.4) is 0 Å². The number of rotatable bonds is 9. The second-order valence-electron chi connectivity index (χ2n) is 4.81. The Morgan fingerprint density at radius 1 is 1.53 bits per heavy atom. The highest BCUT2D eigenvalue weighted by molar-refractivity contribution is 4.99. The first-order valence-corrected chi connectivity index (χ1v) is 6.20. The summed E-state index contributed by atoms with van der Waals surface area (Å²) in [5.74, 6) is 0.680. The van der Waals surface area contributed by atoms with E-state index in [-0.39, 0.29) is 0 Å². The Bertz CT molecular complexity index is 187. The summed E-state index contributed by atoms with van der Waals surface area (Å²) in [6.45, 7) is 11.0. The van der Waals surface area contributed by atoms with Crippen LogP contribution in [0.5, 0.6) is 0 Å². The van der Waals surface area contributed by atoms with E-state index >= 15 is 0 Å². The van der Waals surface area contributed by atoms with Crippen LogP contribution in [0.15, 0.2) is 12.2 Å². The lowest BCUT2D eigenvalue weighted by atomic mass is 10.1. The van der Waals surface area contributed by atoms with Crippen LogP contribution >= 0.6 is 0 Å². The van der Waals surface area contributed by atoms with E-state index in [4.69, 9.17) is 4.74 Å². The smallest absolute Gasteiger partial charge is 0.0686 e. The molecular formula is C13H25NO. The molecule has 1 aliphatic carbocycles. The molecule has 1 saturated carbocycles. The Morgan fingerprint density at radius 2 is 2.27 bits per heavy atom. The van der Waals surface area contributed by atoms with Crippen LogP contribution in [0, 0.1) is 5.92 Å². The Labute approximate surface area is 94.1 Å². The zero-order valence-corrected chi connectivity index (χ0v) is 10.2. The van der Waals surface area contributed by atoms with E-state index in [9.17, 15) is 0 Å². The minimum atomic E-state index is 0.680. The molecule has 0 aromatic heterocycles. The van der Waals surface area contributed by atoms with E-state index in [0.29, 0.717) is 12.5 Å². The number of hydrogen-bond donors (Lipinski definition) is 1. The summed E-state index contributed by atoms with van der Waals surface area (Å²) in [6.07, 6.45) is 5.17. The van der Waals surface area contributed by atoms with Crippen molar-refractivity contribution < 1.29 is 4.74 Å². The maximum Gasteiger partial charge on any atom is 0.0686 e. The molecule has 1 fully saturated rings. The van der Waals surface area contributed by atoms with Crippen LogP contribution in [0.2, 0.25) is 0 Å². The predicted octanol–water partition coefficient (Wildman–Crippen LogP) is 2.75. The Hall–Kier alpha value is -0.340. The van der Waals surface area contributed by atoms with Crippen molar-refractivity contribution in [3.8, 4) is 0 Å². The highest BCUT2D eigenvalue weighted by Crippen LogP contribution is 2.18. The fourth-order valence-electron chi connectivity index (χ4n) is 1.61. The van der Waals surface area contributed by atoms with Gasteiger partial charge in [-0.1, -0.05) is 26.8 Å². The van der Waals surface area contributed by atoms with Gasteiger partial charge in [0.05, 0.1) is 6.61 Å². The second kappa shape index (κ2) is 7.02. The van der Waals surface area contributed by atoms with Crippen LogP contribution in [0.25, 0.3) is 0 Å². The van der Waals surface area contributed by atoms with Crippen molar-refractivity contribution in [2.75, 3.05) is 19.8 Å². The van der Waals surface area contributed by atoms with Crippen molar-refractivity contribution in [2.45, 2.75) is 45.6 Å². The molecule has 1 N–H and O–H groups in total. The van der Waals surface area contributed by atoms with Crippen LogP contribution in [0.1, 0.15) is 39.5 Å². The average molecular weight is 211 g/mol. The molecule has 15 heavy (non-hydrogen) atoms. The van der Waals surface area contributed by atoms with Crippen LogP contribution in [-0.4, -0.2) is 25.8 Å². The maximum absolute atomic E-state index is 5.62. The largest absolute Gasteiger partial charge is 0.377 e. The van der Waals surface area contributed by atoms with Gasteiger partial charge in [0.1, 0.15) is 0 Å². The predicted molar refractivity (Wildman–Crippen MR) is 65.1 cm³/mol. The highest BCUT2D eigenvalue weighted by Gasteiger charge is 2.19. The van der Waals surface area contributed by atoms with Gasteiger partial charge in [-0.2, -0.15) is 0 Å². The summed E-state index contributed by atoms with van der Waals surface area (Å²) in [6, 6.07) is 0.765. The molecule has 0 aliphatic heterocycles. The van der Waals surface area contributed by atoms with Crippen molar-refractivity contribution in [1.29, 1.82) is 0 Å². The van der Waals surface area contributed by atoms with E-state index in [1.54, 1.807) is 0 Å². The van der Waals surface area contributed by atoms with Crippen molar-refractivity contribution >= 4 is 0 Å². The van der Waals surface area contributed by atoms with Gasteiger partial charge in [0.15, 0.2) is 0 Å². The Morgan fingerprint density at radius 3 is 2.87 bits per heavy atom. The van der Waals surface area contributed by atoms with E-state index < -0.39 is 0 Å². The molecule has 0 radical (unpaired) electrons. The Balaban J connectivity index is 1.91. The van der Waals surface area contributed by atoms with Gasteiger partial charge in [-0.25, -0.2) is 0 Å². The van der Waals surface area contributed by atoms with Gasteiger partial charge < -0.3 is 10.1 Å². The summed E-state index contributed by atoms with van der Waals surface area (Å²) in [5, 5.41) is 3.44. The van der Waals surface area contributed by atoms with Gasteiger partial charge >= 0.3 is 0 Å². The molecule has 0 saturated heterocycles. The van der Waals surface area contributed by atoms with Crippen LogP contribution < -0.4 is 5.32 Å². The topological polar surface area (TPSA) is 21.3 Å². The number of hydrogen-bond acceptors (Lipinski definition) is 2. The first-order valence-electron chi connectivity index (χ1n) is 6.20. The fraction of sp³-hybridized carbons (Fsp3) is 0.846. The molecule has 1 aliphatic rings. The molecule has 2 heteroatoms. The third kappa shape index (κ3) is 6.69. The molecule has 0 amide bonds. The first-order chi connectivity index (χ1) is 7.22. The van der Waals surface area contributed by atoms with E-state index in [2.05, 4.69) is 25.7 Å². The van der Waals surface area contributed by atoms with Gasteiger partial charge in [0, 0.05) is 19.2 Å². The lowest BCUT2D eigenvalue weighted by molar-refractivity contribution is 0.119. The molecule has 88 valence electrons. The molecule has 1 atom stereocenters. The zero-order valence-electron chi connectivity index (χ0n) is 10.2. The lowest BCUT2D eigenvalue weighted by Gasteiger charge is -2.12. The summed E-state index contributed by atoms with van der Waals surface area (Å²) >= 11 is 0. The summed E-state index contributed by atoms with van der Waals surface area (Å²) in [5.41, 5.74) is 1.17. The Kier molecular flexibility index (Phi) is 5.96. The van der Waals surface area contributed by atoms with Crippen molar-refractivity contribution in [3.05, 3.63) is 12.2 Å². The first kappa shape index (κ1) is 12.7. The third-order valence-corrected chi connectivity index (χ3v) is 2.71. The van der Waals surface area contributed by atoms with E-state index in [1.807, 2.05) is 0 Å². The minimum absolute atomic E-state index is 0.680. The van der Waals surface area contributed by atoms with Gasteiger partial charge in [0.25, 0.3) is 0 Å². The molecule has 0 spiro atoms. The molecule has 1 rings (SSSR count). The quantitative estimate of drug-likeness (QED) is 0.592. The third-order valence-electron chi connectivity index (χ3n) is 2.71. The maximum atomic E-state index is 5.62. The number of ether oxygens (including phenoxy) is 1. The average Bonchev–Trinajstić information content (AvgIpc) is 2.98. The SMILES string of the molecule is C=C(CNC1CC1)COCC(C)CCC. The summed E-state index contributed by atoms with van der Waals surface area (Å²) in [4.78, 5) is 0. The van der Waals surface area contributed by atoms with Gasteiger partial charge in [-0.3, -0.25) is 0 Å². The fourth-order valence-corrected chi connectivity index (χ4v) is 1.61. The van der Waals surface area contributed by atoms with Crippen molar-refractivity contribution in [1.82, 2.24) is 5.32 Å². The van der Waals surface area contributed by atoms with E-state index in [1.165, 1.54) is 31.3 Å². The highest BCUT2D eigenvalue weighted by atomic mass is 16.5. The minimum Gasteiger partial charge on any atom is -0.377 e. The van der Waals surface area contributed by atoms with Gasteiger partial charge in [-0.15, -0.1) is 0 Å². The van der Waals surface area contributed by atoms with Gasteiger partial charge in [-0.05, 0) is 30.8 Å². The molecular weight excluding hydrogens is 186 g/mol. The molecule has 0 heterocycles. The van der Waals surface area contributed by atoms with Crippen LogP contribution in [0.4, 0.5) is 0 Å². The zero-order chi connectivity index (χ0) is 11.1. The summed E-state index contributed by atoms with van der Waals surface area (Å²) in [7, 11) is 0. The lowest BCUT2D eigenvalue weighted by Crippen LogP contribution is -2.21. The van der Waals surface area contributed by atoms with E-state index in [0.717, 1.165) is 19.2 Å². The molecule has 1 unspecified atom stereocenters. The second-order valence-corrected chi connectivity index (χ2v) is 4.81. The number of nitrogens with one attached hydrogen (secondary N) is 1. The van der Waals surface area contributed by atoms with Crippen molar-refractivity contribution in [3.63, 3.8) is 0 Å². The standard InChI is InChI=1S/C13H25NO/c1-4-5-11(2)9-15-10-12(3)8-14-13-6-7-13/h11,13-14H,3-10H2,1-2H3. The molecule has 0 aromatic rings. The summed E-state index contributed by atoms with van der Waals surface area (Å²) < 4.78 is 5.62. The van der Waals surface area contributed by atoms with Crippen LogP contribution in [-0.2, 0) is 4.74 Å².